The van der Waals surface area contributed by atoms with Crippen LogP contribution in [0.5, 0.6) is 0 Å². The predicted molar refractivity (Wildman–Crippen MR) is 125 cm³/mol. The molecule has 0 spiro atoms. The summed E-state index contributed by atoms with van der Waals surface area (Å²) in [4.78, 5) is 33.6. The third-order valence-corrected chi connectivity index (χ3v) is 7.84. The third-order valence-electron chi connectivity index (χ3n) is 7.84. The number of benzene rings is 1. The van der Waals surface area contributed by atoms with Crippen molar-refractivity contribution >= 4 is 5.91 Å². The molecule has 4 heterocycles. The van der Waals surface area contributed by atoms with Gasteiger partial charge in [-0.15, -0.1) is 0 Å². The van der Waals surface area contributed by atoms with Gasteiger partial charge in [-0.05, 0) is 37.0 Å². The summed E-state index contributed by atoms with van der Waals surface area (Å²) in [6, 6.07) is 13.2. The van der Waals surface area contributed by atoms with E-state index in [1.54, 1.807) is 6.26 Å². The van der Waals surface area contributed by atoms with E-state index in [0.717, 1.165) is 36.2 Å². The van der Waals surface area contributed by atoms with E-state index >= 15 is 0 Å². The van der Waals surface area contributed by atoms with Gasteiger partial charge in [0.05, 0.1) is 17.7 Å². The Kier molecular flexibility index (Phi) is 5.34. The normalized spacial score (nSPS) is 26.1. The van der Waals surface area contributed by atoms with Crippen LogP contribution in [0.4, 0.5) is 0 Å². The number of aliphatic hydroxyl groups excluding tert-OH is 1. The average Bonchev–Trinajstić information content (AvgIpc) is 3.41. The molecule has 176 valence electrons. The number of hydrogen-bond acceptors (Lipinski definition) is 6. The number of amides is 1. The van der Waals surface area contributed by atoms with Gasteiger partial charge in [-0.2, -0.15) is 0 Å². The summed E-state index contributed by atoms with van der Waals surface area (Å²) in [6.45, 7) is 0.791. The topological polar surface area (TPSA) is 101 Å². The molecular formula is C26H28N4O4. The molecule has 3 aliphatic rings. The number of rotatable bonds is 6. The molecule has 2 aromatic heterocycles. The van der Waals surface area contributed by atoms with E-state index in [1.807, 2.05) is 47.0 Å². The molecule has 2 fully saturated rings. The van der Waals surface area contributed by atoms with E-state index in [1.165, 1.54) is 6.39 Å². The number of aliphatic hydroxyl groups is 1. The van der Waals surface area contributed by atoms with Crippen LogP contribution in [0.15, 0.2) is 64.3 Å². The molecule has 2 N–H and O–H groups in total. The van der Waals surface area contributed by atoms with Crippen molar-refractivity contribution in [2.45, 2.75) is 50.5 Å². The highest BCUT2D eigenvalue weighted by Crippen LogP contribution is 2.49. The zero-order chi connectivity index (χ0) is 23.2. The lowest BCUT2D eigenvalue weighted by Crippen LogP contribution is -2.47. The van der Waals surface area contributed by atoms with E-state index < -0.39 is 5.92 Å². The monoisotopic (exact) mass is 460 g/mol. The van der Waals surface area contributed by atoms with Gasteiger partial charge in [0.1, 0.15) is 6.26 Å². The standard InChI is InChI=1S/C26H28N4O4/c31-13-20-22-12-30-21(10-9-19(26(30)33)16-5-2-1-3-6-16)24(29(22)11-18-14-34-15-27-18)23(20)25(32)28-17-7-4-8-17/h1-3,5-6,9-10,14-15,17,20,22-24,31H,4,7-8,11-13H2,(H,28,32)/t20-,22-,23+,24+/m1/s1. The van der Waals surface area contributed by atoms with Crippen LogP contribution in [0, 0.1) is 11.8 Å². The smallest absolute Gasteiger partial charge is 0.258 e. The second-order valence-electron chi connectivity index (χ2n) is 9.63. The summed E-state index contributed by atoms with van der Waals surface area (Å²) in [5.74, 6) is -0.760. The van der Waals surface area contributed by atoms with Gasteiger partial charge in [0, 0.05) is 49.0 Å². The van der Waals surface area contributed by atoms with Gasteiger partial charge >= 0.3 is 0 Å². The van der Waals surface area contributed by atoms with Crippen LogP contribution in [0.2, 0.25) is 0 Å². The fourth-order valence-corrected chi connectivity index (χ4v) is 5.93. The Bertz CT molecular complexity index is 1240. The summed E-state index contributed by atoms with van der Waals surface area (Å²) in [7, 11) is 0. The Morgan fingerprint density at radius 2 is 2.00 bits per heavy atom. The molecule has 4 atom stereocenters. The number of nitrogens with one attached hydrogen (secondary N) is 1. The summed E-state index contributed by atoms with van der Waals surface area (Å²) < 4.78 is 7.00. The Morgan fingerprint density at radius 3 is 2.68 bits per heavy atom. The number of hydrogen-bond donors (Lipinski definition) is 2. The summed E-state index contributed by atoms with van der Waals surface area (Å²) in [5.41, 5.74) is 3.04. The molecule has 3 aromatic rings. The number of pyridine rings is 1. The molecule has 1 saturated heterocycles. The minimum Gasteiger partial charge on any atom is -0.451 e. The average molecular weight is 461 g/mol. The minimum atomic E-state index is -0.446. The Labute approximate surface area is 197 Å². The molecule has 2 aliphatic heterocycles. The van der Waals surface area contributed by atoms with Crippen LogP contribution in [-0.4, -0.2) is 44.2 Å². The fourth-order valence-electron chi connectivity index (χ4n) is 5.93. The lowest BCUT2D eigenvalue weighted by Gasteiger charge is -2.38. The van der Waals surface area contributed by atoms with Crippen LogP contribution in [0.3, 0.4) is 0 Å². The van der Waals surface area contributed by atoms with Crippen LogP contribution in [-0.2, 0) is 17.9 Å². The second kappa shape index (κ2) is 8.52. The van der Waals surface area contributed by atoms with Gasteiger partial charge < -0.3 is 19.4 Å². The predicted octanol–water partition coefficient (Wildman–Crippen LogP) is 2.34. The Morgan fingerprint density at radius 1 is 1.18 bits per heavy atom. The Balaban J connectivity index is 1.44. The summed E-state index contributed by atoms with van der Waals surface area (Å²) >= 11 is 0. The number of oxazole rings is 1. The number of fused-ring (bicyclic) bond motifs is 4. The van der Waals surface area contributed by atoms with Crippen molar-refractivity contribution < 1.29 is 14.3 Å². The largest absolute Gasteiger partial charge is 0.451 e. The molecule has 1 saturated carbocycles. The molecule has 0 unspecified atom stereocenters. The zero-order valence-electron chi connectivity index (χ0n) is 18.8. The first kappa shape index (κ1) is 21.3. The third kappa shape index (κ3) is 3.40. The number of carbonyl (C=O) groups is 1. The molecule has 2 bridgehead atoms. The lowest BCUT2D eigenvalue weighted by atomic mass is 9.85. The maximum absolute atomic E-state index is 13.6. The van der Waals surface area contributed by atoms with Crippen LogP contribution in [0.25, 0.3) is 11.1 Å². The maximum atomic E-state index is 13.6. The highest BCUT2D eigenvalue weighted by molar-refractivity contribution is 5.81. The summed E-state index contributed by atoms with van der Waals surface area (Å²) in [6.07, 6.45) is 6.13. The number of nitrogens with zero attached hydrogens (tertiary/aromatic N) is 3. The van der Waals surface area contributed by atoms with E-state index in [-0.39, 0.29) is 42.1 Å². The van der Waals surface area contributed by atoms with E-state index in [2.05, 4.69) is 15.2 Å². The minimum absolute atomic E-state index is 0.0329. The Hall–Kier alpha value is -3.23. The fraction of sp³-hybridized carbons (Fsp3) is 0.423. The molecule has 8 nitrogen and oxygen atoms in total. The summed E-state index contributed by atoms with van der Waals surface area (Å²) in [5, 5.41) is 13.6. The first-order valence-corrected chi connectivity index (χ1v) is 12.0. The molecule has 6 rings (SSSR count). The lowest BCUT2D eigenvalue weighted by molar-refractivity contribution is -0.128. The van der Waals surface area contributed by atoms with Gasteiger partial charge in [0.15, 0.2) is 6.39 Å². The second-order valence-corrected chi connectivity index (χ2v) is 9.63. The molecule has 1 aliphatic carbocycles. The zero-order valence-corrected chi connectivity index (χ0v) is 18.8. The molecule has 8 heteroatoms. The van der Waals surface area contributed by atoms with Gasteiger partial charge in [-0.3, -0.25) is 14.5 Å². The van der Waals surface area contributed by atoms with Crippen molar-refractivity contribution in [2.24, 2.45) is 11.8 Å². The van der Waals surface area contributed by atoms with E-state index in [0.29, 0.717) is 18.7 Å². The molecule has 34 heavy (non-hydrogen) atoms. The SMILES string of the molecule is O=C(NC1CCC1)[C@H]1[C@H](CO)[C@H]2Cn3c(ccc(-c4ccccc4)c3=O)[C@@H]1N2Cc1cocn1. The van der Waals surface area contributed by atoms with Gasteiger partial charge in [-0.25, -0.2) is 4.98 Å². The van der Waals surface area contributed by atoms with Crippen molar-refractivity contribution in [2.75, 3.05) is 6.61 Å². The maximum Gasteiger partial charge on any atom is 0.258 e. The van der Waals surface area contributed by atoms with Crippen molar-refractivity contribution in [1.82, 2.24) is 19.8 Å². The molecule has 0 radical (unpaired) electrons. The molecule has 1 aromatic carbocycles. The molecule has 1 amide bonds. The van der Waals surface area contributed by atoms with Crippen LogP contribution >= 0.6 is 0 Å². The van der Waals surface area contributed by atoms with Crippen molar-refractivity contribution in [3.05, 3.63) is 76.9 Å². The van der Waals surface area contributed by atoms with E-state index in [4.69, 9.17) is 4.42 Å². The first-order valence-electron chi connectivity index (χ1n) is 12.0. The highest BCUT2D eigenvalue weighted by atomic mass is 16.3. The van der Waals surface area contributed by atoms with Gasteiger partial charge in [0.25, 0.3) is 5.56 Å². The van der Waals surface area contributed by atoms with Crippen molar-refractivity contribution in [3.8, 4) is 11.1 Å². The van der Waals surface area contributed by atoms with Gasteiger partial charge in [-0.1, -0.05) is 30.3 Å². The van der Waals surface area contributed by atoms with Crippen LogP contribution < -0.4 is 10.9 Å². The van der Waals surface area contributed by atoms with Crippen molar-refractivity contribution in [3.63, 3.8) is 0 Å². The molecular weight excluding hydrogens is 432 g/mol. The first-order chi connectivity index (χ1) is 16.7. The highest BCUT2D eigenvalue weighted by Gasteiger charge is 2.56. The van der Waals surface area contributed by atoms with E-state index in [9.17, 15) is 14.7 Å². The number of carbonyl (C=O) groups excluding carboxylic acids is 1. The van der Waals surface area contributed by atoms with Crippen molar-refractivity contribution in [1.29, 1.82) is 0 Å². The van der Waals surface area contributed by atoms with Crippen LogP contribution in [0.1, 0.15) is 36.7 Å². The number of aromatic nitrogens is 2. The quantitative estimate of drug-likeness (QED) is 0.586. The van der Waals surface area contributed by atoms with Gasteiger partial charge in [0.2, 0.25) is 5.91 Å².